The first-order valence-electron chi connectivity index (χ1n) is 4.88. The van der Waals surface area contributed by atoms with Crippen LogP contribution in [0.2, 0.25) is 6.32 Å². The van der Waals surface area contributed by atoms with Crippen LogP contribution < -0.4 is 16.2 Å². The molecule has 0 saturated heterocycles. The van der Waals surface area contributed by atoms with Gasteiger partial charge in [-0.25, -0.2) is 0 Å². The minimum atomic E-state index is 0.292. The lowest BCUT2D eigenvalue weighted by molar-refractivity contribution is 0.417. The molecule has 4 heteroatoms. The molecule has 4 N–H and O–H groups in total. The van der Waals surface area contributed by atoms with Crippen LogP contribution in [0.3, 0.4) is 0 Å². The molecule has 16 heavy (non-hydrogen) atoms. The minimum Gasteiger partial charge on any atom is -0.495 e. The highest BCUT2D eigenvalue weighted by Gasteiger charge is 2.05. The van der Waals surface area contributed by atoms with Gasteiger partial charge in [0.25, 0.3) is 0 Å². The molecule has 0 heterocycles. The standard InChI is InChI=1S/C12H15BN2O/c1-3-8-4-9(6-10(14)7-13)12(15)11(5-8)16-2/h3-6H,1,7,14-15H2,2H3/b10-6-. The Labute approximate surface area is 97.2 Å². The van der Waals surface area contributed by atoms with Crippen molar-refractivity contribution in [1.29, 1.82) is 0 Å². The van der Waals surface area contributed by atoms with Crippen molar-refractivity contribution in [2.75, 3.05) is 12.8 Å². The fourth-order valence-electron chi connectivity index (χ4n) is 1.34. The summed E-state index contributed by atoms with van der Waals surface area (Å²) in [7, 11) is 6.99. The summed E-state index contributed by atoms with van der Waals surface area (Å²) in [5, 5.41) is 0. The number of allylic oxidation sites excluding steroid dienone is 1. The Morgan fingerprint density at radius 2 is 2.25 bits per heavy atom. The summed E-state index contributed by atoms with van der Waals surface area (Å²) in [5.74, 6) is 0.605. The van der Waals surface area contributed by atoms with Gasteiger partial charge in [-0.2, -0.15) is 0 Å². The third kappa shape index (κ3) is 2.60. The number of anilines is 1. The van der Waals surface area contributed by atoms with E-state index in [1.165, 1.54) is 0 Å². The zero-order valence-corrected chi connectivity index (χ0v) is 9.36. The van der Waals surface area contributed by atoms with E-state index in [-0.39, 0.29) is 0 Å². The first kappa shape index (κ1) is 12.2. The van der Waals surface area contributed by atoms with Crippen molar-refractivity contribution in [2.24, 2.45) is 5.73 Å². The van der Waals surface area contributed by atoms with Gasteiger partial charge in [0.15, 0.2) is 0 Å². The minimum absolute atomic E-state index is 0.292. The van der Waals surface area contributed by atoms with Crippen LogP contribution in [-0.4, -0.2) is 15.0 Å². The molecular formula is C12H15BN2O. The molecule has 1 aromatic carbocycles. The average Bonchev–Trinajstić information content (AvgIpc) is 2.31. The highest BCUT2D eigenvalue weighted by molar-refractivity contribution is 6.10. The molecule has 1 aromatic rings. The Morgan fingerprint density at radius 3 is 2.75 bits per heavy atom. The van der Waals surface area contributed by atoms with Gasteiger partial charge in [-0.05, 0) is 30.1 Å². The van der Waals surface area contributed by atoms with Gasteiger partial charge in [-0.15, -0.1) is 0 Å². The average molecular weight is 214 g/mol. The highest BCUT2D eigenvalue weighted by Crippen LogP contribution is 2.29. The molecule has 0 aliphatic heterocycles. The van der Waals surface area contributed by atoms with Gasteiger partial charge in [0.2, 0.25) is 0 Å². The molecule has 0 aliphatic rings. The molecule has 2 radical (unpaired) electrons. The summed E-state index contributed by atoms with van der Waals surface area (Å²) in [6, 6.07) is 3.70. The van der Waals surface area contributed by atoms with Crippen molar-refractivity contribution in [3.05, 3.63) is 35.5 Å². The van der Waals surface area contributed by atoms with E-state index in [4.69, 9.17) is 24.1 Å². The molecule has 0 aromatic heterocycles. The number of nitrogens with two attached hydrogens (primary N) is 2. The van der Waals surface area contributed by atoms with Crippen molar-refractivity contribution in [3.8, 4) is 5.75 Å². The van der Waals surface area contributed by atoms with Gasteiger partial charge in [0, 0.05) is 11.3 Å². The third-order valence-electron chi connectivity index (χ3n) is 2.23. The maximum atomic E-state index is 5.92. The number of nitrogen functional groups attached to an aromatic ring is 1. The monoisotopic (exact) mass is 214 g/mol. The zero-order chi connectivity index (χ0) is 12.1. The lowest BCUT2D eigenvalue weighted by Gasteiger charge is -2.10. The maximum Gasteiger partial charge on any atom is 0.142 e. The topological polar surface area (TPSA) is 61.3 Å². The van der Waals surface area contributed by atoms with Crippen molar-refractivity contribution in [1.82, 2.24) is 0 Å². The Kier molecular flexibility index (Phi) is 4.06. The summed E-state index contributed by atoms with van der Waals surface area (Å²) in [5.41, 5.74) is 14.4. The van der Waals surface area contributed by atoms with Crippen molar-refractivity contribution < 1.29 is 4.74 Å². The van der Waals surface area contributed by atoms with Gasteiger partial charge in [0.1, 0.15) is 5.75 Å². The molecule has 0 spiro atoms. The van der Waals surface area contributed by atoms with Gasteiger partial charge in [-0.3, -0.25) is 0 Å². The van der Waals surface area contributed by atoms with Crippen molar-refractivity contribution >= 4 is 25.7 Å². The molecule has 0 fully saturated rings. The van der Waals surface area contributed by atoms with Crippen LogP contribution >= 0.6 is 0 Å². The van der Waals surface area contributed by atoms with Crippen molar-refractivity contribution in [3.63, 3.8) is 0 Å². The molecule has 0 saturated carbocycles. The third-order valence-corrected chi connectivity index (χ3v) is 2.23. The maximum absolute atomic E-state index is 5.92. The fraction of sp³-hybridized carbons (Fsp3) is 0.167. The van der Waals surface area contributed by atoms with Crippen molar-refractivity contribution in [2.45, 2.75) is 6.32 Å². The van der Waals surface area contributed by atoms with Gasteiger partial charge in [-0.1, -0.05) is 12.7 Å². The van der Waals surface area contributed by atoms with E-state index in [0.29, 0.717) is 23.5 Å². The number of ether oxygens (including phenoxy) is 1. The van der Waals surface area contributed by atoms with Crippen LogP contribution in [0.4, 0.5) is 5.69 Å². The number of rotatable bonds is 4. The normalized spacial score (nSPS) is 11.2. The molecule has 82 valence electrons. The molecule has 3 nitrogen and oxygen atoms in total. The second kappa shape index (κ2) is 5.30. The van der Waals surface area contributed by atoms with E-state index in [1.54, 1.807) is 19.3 Å². The number of hydrogen-bond donors (Lipinski definition) is 2. The fourth-order valence-corrected chi connectivity index (χ4v) is 1.34. The van der Waals surface area contributed by atoms with Gasteiger partial charge >= 0.3 is 0 Å². The van der Waals surface area contributed by atoms with E-state index in [0.717, 1.165) is 11.1 Å². The Morgan fingerprint density at radius 1 is 1.56 bits per heavy atom. The van der Waals surface area contributed by atoms with Gasteiger partial charge in [0.05, 0.1) is 20.6 Å². The Bertz CT molecular complexity index is 427. The van der Waals surface area contributed by atoms with Crippen LogP contribution in [0, 0.1) is 0 Å². The largest absolute Gasteiger partial charge is 0.495 e. The summed E-state index contributed by atoms with van der Waals surface area (Å²) >= 11 is 0. The predicted octanol–water partition coefficient (Wildman–Crippen LogP) is 1.81. The Hall–Kier alpha value is -1.84. The summed E-state index contributed by atoms with van der Waals surface area (Å²) in [6.07, 6.45) is 3.75. The quantitative estimate of drug-likeness (QED) is 0.593. The van der Waals surface area contributed by atoms with E-state index < -0.39 is 0 Å². The van der Waals surface area contributed by atoms with Crippen LogP contribution in [0.25, 0.3) is 12.2 Å². The molecule has 1 rings (SSSR count). The summed E-state index contributed by atoms with van der Waals surface area (Å²) in [6.45, 7) is 3.70. The van der Waals surface area contributed by atoms with Crippen LogP contribution in [0.5, 0.6) is 5.75 Å². The van der Waals surface area contributed by atoms with E-state index >= 15 is 0 Å². The second-order valence-electron chi connectivity index (χ2n) is 3.35. The first-order valence-corrected chi connectivity index (χ1v) is 4.88. The van der Waals surface area contributed by atoms with E-state index in [1.807, 2.05) is 12.1 Å². The summed E-state index contributed by atoms with van der Waals surface area (Å²) < 4.78 is 5.17. The number of hydrogen-bond acceptors (Lipinski definition) is 3. The zero-order valence-electron chi connectivity index (χ0n) is 9.36. The van der Waals surface area contributed by atoms with Crippen LogP contribution in [0.15, 0.2) is 24.4 Å². The van der Waals surface area contributed by atoms with Crippen LogP contribution in [-0.2, 0) is 0 Å². The van der Waals surface area contributed by atoms with Crippen LogP contribution in [0.1, 0.15) is 11.1 Å². The lowest BCUT2D eigenvalue weighted by Crippen LogP contribution is -1.99. The smallest absolute Gasteiger partial charge is 0.142 e. The Balaban J connectivity index is 3.31. The molecule has 0 aliphatic carbocycles. The molecule has 0 atom stereocenters. The molecular weight excluding hydrogens is 199 g/mol. The molecule has 0 unspecified atom stereocenters. The molecule has 0 bridgehead atoms. The van der Waals surface area contributed by atoms with E-state index in [9.17, 15) is 0 Å². The van der Waals surface area contributed by atoms with Gasteiger partial charge < -0.3 is 16.2 Å². The second-order valence-corrected chi connectivity index (χ2v) is 3.35. The van der Waals surface area contributed by atoms with E-state index in [2.05, 4.69) is 6.58 Å². The first-order chi connectivity index (χ1) is 7.62. The predicted molar refractivity (Wildman–Crippen MR) is 70.2 cm³/mol. The SMILES string of the molecule is [B]C/C(N)=C/c1cc(C=C)cc(OC)c1N. The number of methoxy groups -OCH3 is 1. The summed E-state index contributed by atoms with van der Waals surface area (Å²) in [4.78, 5) is 0. The molecule has 0 amide bonds. The lowest BCUT2D eigenvalue weighted by atomic mass is 9.99. The highest BCUT2D eigenvalue weighted by atomic mass is 16.5. The number of benzene rings is 1.